The minimum atomic E-state index is -0.192. The van der Waals surface area contributed by atoms with Crippen molar-refractivity contribution in [3.8, 4) is 0 Å². The van der Waals surface area contributed by atoms with Crippen LogP contribution in [0.3, 0.4) is 0 Å². The fourth-order valence-corrected chi connectivity index (χ4v) is 1.84. The number of aryl methyl sites for hydroxylation is 1. The number of hydrogen-bond acceptors (Lipinski definition) is 1. The molecule has 0 aliphatic carbocycles. The average Bonchev–Trinajstić information content (AvgIpc) is 2.23. The summed E-state index contributed by atoms with van der Waals surface area (Å²) >= 11 is 3.19. The van der Waals surface area contributed by atoms with E-state index in [1.807, 2.05) is 12.1 Å². The normalized spacial score (nSPS) is 10.6. The third kappa shape index (κ3) is 4.76. The molecule has 0 radical (unpaired) electrons. The SMILES string of the molecule is CCCNCCCc1ccc(F)c(Br)c1. The van der Waals surface area contributed by atoms with E-state index < -0.39 is 0 Å². The molecule has 0 heterocycles. The lowest BCUT2D eigenvalue weighted by Gasteiger charge is -2.04. The van der Waals surface area contributed by atoms with Gasteiger partial charge in [0.25, 0.3) is 0 Å². The highest BCUT2D eigenvalue weighted by Crippen LogP contribution is 2.17. The quantitative estimate of drug-likeness (QED) is 0.783. The number of nitrogens with one attached hydrogen (secondary N) is 1. The zero-order chi connectivity index (χ0) is 11.1. The van der Waals surface area contributed by atoms with Crippen LogP contribution in [0, 0.1) is 5.82 Å². The van der Waals surface area contributed by atoms with Crippen LogP contribution in [0.2, 0.25) is 0 Å². The first-order valence-electron chi connectivity index (χ1n) is 5.38. The second-order valence-electron chi connectivity index (χ2n) is 3.60. The lowest BCUT2D eigenvalue weighted by Crippen LogP contribution is -2.16. The van der Waals surface area contributed by atoms with Gasteiger partial charge in [0.1, 0.15) is 5.82 Å². The van der Waals surface area contributed by atoms with Gasteiger partial charge in [-0.15, -0.1) is 0 Å². The summed E-state index contributed by atoms with van der Waals surface area (Å²) in [5.74, 6) is -0.192. The summed E-state index contributed by atoms with van der Waals surface area (Å²) in [6.45, 7) is 4.26. The lowest BCUT2D eigenvalue weighted by atomic mass is 10.1. The van der Waals surface area contributed by atoms with Gasteiger partial charge in [-0.1, -0.05) is 13.0 Å². The van der Waals surface area contributed by atoms with Crippen molar-refractivity contribution in [2.24, 2.45) is 0 Å². The molecule has 0 aliphatic rings. The Balaban J connectivity index is 2.28. The Kier molecular flexibility index (Phi) is 5.88. The molecule has 0 fully saturated rings. The largest absolute Gasteiger partial charge is 0.317 e. The first kappa shape index (κ1) is 12.7. The van der Waals surface area contributed by atoms with Gasteiger partial charge in [0.2, 0.25) is 0 Å². The minimum absolute atomic E-state index is 0.192. The van der Waals surface area contributed by atoms with Crippen LogP contribution in [0.5, 0.6) is 0 Å². The smallest absolute Gasteiger partial charge is 0.137 e. The standard InChI is InChI=1S/C12H17BrFN/c1-2-7-15-8-3-4-10-5-6-12(14)11(13)9-10/h5-6,9,15H,2-4,7-8H2,1H3. The fourth-order valence-electron chi connectivity index (χ4n) is 1.41. The van der Waals surface area contributed by atoms with E-state index in [0.717, 1.165) is 25.9 Å². The molecule has 0 aliphatic heterocycles. The fraction of sp³-hybridized carbons (Fsp3) is 0.500. The second kappa shape index (κ2) is 6.96. The van der Waals surface area contributed by atoms with Crippen molar-refractivity contribution >= 4 is 15.9 Å². The minimum Gasteiger partial charge on any atom is -0.317 e. The summed E-state index contributed by atoms with van der Waals surface area (Å²) in [5.41, 5.74) is 1.18. The third-order valence-corrected chi connectivity index (χ3v) is 2.84. The summed E-state index contributed by atoms with van der Waals surface area (Å²) in [6, 6.07) is 5.22. The van der Waals surface area contributed by atoms with Crippen molar-refractivity contribution in [1.82, 2.24) is 5.32 Å². The van der Waals surface area contributed by atoms with Crippen molar-refractivity contribution in [2.45, 2.75) is 26.2 Å². The molecule has 0 saturated heterocycles. The maximum atomic E-state index is 12.9. The zero-order valence-electron chi connectivity index (χ0n) is 9.02. The van der Waals surface area contributed by atoms with Gasteiger partial charge in [-0.25, -0.2) is 4.39 Å². The van der Waals surface area contributed by atoms with Gasteiger partial charge in [0.15, 0.2) is 0 Å². The summed E-state index contributed by atoms with van der Waals surface area (Å²) in [7, 11) is 0. The molecule has 0 unspecified atom stereocenters. The van der Waals surface area contributed by atoms with Crippen molar-refractivity contribution in [3.05, 3.63) is 34.1 Å². The van der Waals surface area contributed by atoms with Crippen LogP contribution in [0.15, 0.2) is 22.7 Å². The van der Waals surface area contributed by atoms with Crippen molar-refractivity contribution in [1.29, 1.82) is 0 Å². The highest BCUT2D eigenvalue weighted by molar-refractivity contribution is 9.10. The molecule has 15 heavy (non-hydrogen) atoms. The van der Waals surface area contributed by atoms with E-state index in [9.17, 15) is 4.39 Å². The molecule has 0 aromatic heterocycles. The average molecular weight is 274 g/mol. The molecular formula is C12H17BrFN. The van der Waals surface area contributed by atoms with E-state index in [2.05, 4.69) is 28.2 Å². The molecule has 0 bridgehead atoms. The van der Waals surface area contributed by atoms with Gasteiger partial charge in [0, 0.05) is 0 Å². The van der Waals surface area contributed by atoms with Gasteiger partial charge in [-0.2, -0.15) is 0 Å². The molecule has 1 aromatic carbocycles. The first-order valence-corrected chi connectivity index (χ1v) is 6.18. The Morgan fingerprint density at radius 3 is 2.80 bits per heavy atom. The van der Waals surface area contributed by atoms with Crippen LogP contribution < -0.4 is 5.32 Å². The maximum absolute atomic E-state index is 12.9. The molecule has 3 heteroatoms. The van der Waals surface area contributed by atoms with E-state index in [1.165, 1.54) is 18.1 Å². The van der Waals surface area contributed by atoms with E-state index in [4.69, 9.17) is 0 Å². The maximum Gasteiger partial charge on any atom is 0.137 e. The second-order valence-corrected chi connectivity index (χ2v) is 4.46. The van der Waals surface area contributed by atoms with Crippen molar-refractivity contribution in [3.63, 3.8) is 0 Å². The van der Waals surface area contributed by atoms with Crippen molar-refractivity contribution in [2.75, 3.05) is 13.1 Å². The molecule has 0 amide bonds. The van der Waals surface area contributed by atoms with Crippen LogP contribution in [-0.4, -0.2) is 13.1 Å². The summed E-state index contributed by atoms with van der Waals surface area (Å²) < 4.78 is 13.5. The van der Waals surface area contributed by atoms with E-state index in [0.29, 0.717) is 4.47 Å². The van der Waals surface area contributed by atoms with Crippen molar-refractivity contribution < 1.29 is 4.39 Å². The van der Waals surface area contributed by atoms with Gasteiger partial charge >= 0.3 is 0 Å². The van der Waals surface area contributed by atoms with E-state index in [1.54, 1.807) is 0 Å². The Morgan fingerprint density at radius 1 is 1.33 bits per heavy atom. The summed E-state index contributed by atoms with van der Waals surface area (Å²) in [6.07, 6.45) is 3.26. The Hall–Kier alpha value is -0.410. The molecule has 1 nitrogen and oxygen atoms in total. The number of halogens is 2. The Bertz CT molecular complexity index is 302. The van der Waals surface area contributed by atoms with Crippen LogP contribution in [0.25, 0.3) is 0 Å². The number of hydrogen-bond donors (Lipinski definition) is 1. The molecule has 1 N–H and O–H groups in total. The molecule has 1 rings (SSSR count). The Labute approximate surface area is 99.2 Å². The Morgan fingerprint density at radius 2 is 2.13 bits per heavy atom. The van der Waals surface area contributed by atoms with Gasteiger partial charge in [-0.05, 0) is 66.0 Å². The topological polar surface area (TPSA) is 12.0 Å². The van der Waals surface area contributed by atoms with Gasteiger partial charge < -0.3 is 5.32 Å². The molecule has 84 valence electrons. The summed E-state index contributed by atoms with van der Waals surface area (Å²) in [5, 5.41) is 3.35. The van der Waals surface area contributed by atoms with Gasteiger partial charge in [-0.3, -0.25) is 0 Å². The predicted molar refractivity (Wildman–Crippen MR) is 65.6 cm³/mol. The third-order valence-electron chi connectivity index (χ3n) is 2.23. The van der Waals surface area contributed by atoms with Crippen LogP contribution >= 0.6 is 15.9 Å². The van der Waals surface area contributed by atoms with Crippen LogP contribution in [0.4, 0.5) is 4.39 Å². The zero-order valence-corrected chi connectivity index (χ0v) is 10.6. The monoisotopic (exact) mass is 273 g/mol. The van der Waals surface area contributed by atoms with Crippen LogP contribution in [0.1, 0.15) is 25.3 Å². The molecule has 0 spiro atoms. The summed E-state index contributed by atoms with van der Waals surface area (Å²) in [4.78, 5) is 0. The molecular weight excluding hydrogens is 257 g/mol. The van der Waals surface area contributed by atoms with Crippen LogP contribution in [-0.2, 0) is 6.42 Å². The highest BCUT2D eigenvalue weighted by Gasteiger charge is 1.99. The lowest BCUT2D eigenvalue weighted by molar-refractivity contribution is 0.617. The molecule has 0 atom stereocenters. The predicted octanol–water partition coefficient (Wildman–Crippen LogP) is 3.52. The first-order chi connectivity index (χ1) is 7.24. The highest BCUT2D eigenvalue weighted by atomic mass is 79.9. The van der Waals surface area contributed by atoms with E-state index >= 15 is 0 Å². The van der Waals surface area contributed by atoms with Gasteiger partial charge in [0.05, 0.1) is 4.47 Å². The number of benzene rings is 1. The van der Waals surface area contributed by atoms with E-state index in [-0.39, 0.29) is 5.82 Å². The number of rotatable bonds is 6. The molecule has 0 saturated carbocycles. The molecule has 1 aromatic rings.